The van der Waals surface area contributed by atoms with Crippen LogP contribution in [0.5, 0.6) is 11.5 Å². The fourth-order valence-corrected chi connectivity index (χ4v) is 2.28. The topological polar surface area (TPSA) is 54.0 Å². The van der Waals surface area contributed by atoms with Crippen LogP contribution in [0.2, 0.25) is 0 Å². The van der Waals surface area contributed by atoms with Gasteiger partial charge in [-0.05, 0) is 39.8 Å². The van der Waals surface area contributed by atoms with Crippen molar-refractivity contribution in [1.82, 2.24) is 0 Å². The van der Waals surface area contributed by atoms with Gasteiger partial charge in [0.25, 0.3) is 0 Å². The Balaban J connectivity index is 3.01. The van der Waals surface area contributed by atoms with Crippen molar-refractivity contribution in [2.24, 2.45) is 0 Å². The molecule has 112 valence electrons. The molecule has 0 aliphatic carbocycles. The van der Waals surface area contributed by atoms with Gasteiger partial charge < -0.3 is 18.9 Å². The first kappa shape index (κ1) is 17.4. The summed E-state index contributed by atoms with van der Waals surface area (Å²) in [5.74, 6) is 1.50. The maximum absolute atomic E-state index is 11.8. The summed E-state index contributed by atoms with van der Waals surface area (Å²) in [6, 6.07) is 3.47. The van der Waals surface area contributed by atoms with Gasteiger partial charge in [0, 0.05) is 18.9 Å². The first-order chi connectivity index (χ1) is 9.63. The molecule has 5 nitrogen and oxygen atoms in total. The summed E-state index contributed by atoms with van der Waals surface area (Å²) in [5, 5.41) is 0. The molecule has 7 heteroatoms. The van der Waals surface area contributed by atoms with Crippen molar-refractivity contribution >= 4 is 36.1 Å². The highest BCUT2D eigenvalue weighted by Crippen LogP contribution is 2.29. The average molecular weight is 412 g/mol. The molecule has 0 radical (unpaired) electrons. The number of esters is 1. The molecule has 0 fully saturated rings. The van der Waals surface area contributed by atoms with Gasteiger partial charge >= 0.3 is 5.97 Å². The summed E-state index contributed by atoms with van der Waals surface area (Å²) in [5.41, 5.74) is 1.13. The van der Waals surface area contributed by atoms with Gasteiger partial charge in [-0.3, -0.25) is 0 Å². The van der Waals surface area contributed by atoms with Crippen LogP contribution in [0, 0.1) is 6.92 Å². The molecule has 0 aromatic heterocycles. The summed E-state index contributed by atoms with van der Waals surface area (Å²) in [6.07, 6.45) is 0. The molecule has 0 saturated carbocycles. The number of halogens is 1. The standard InChI is InChI=1S/C13H17IO5S/c1-9-6-10(18-4-5-20-14)7-11(19-8-16-2)12(9)13(15)17-3/h6-7H,4-5,8H2,1-3H3. The third-order valence-corrected chi connectivity index (χ3v) is 4.07. The van der Waals surface area contributed by atoms with Crippen molar-refractivity contribution in [3.63, 3.8) is 0 Å². The largest absolute Gasteiger partial charge is 0.493 e. The Bertz CT molecular complexity index is 453. The number of carbonyl (C=O) groups is 1. The Morgan fingerprint density at radius 1 is 1.30 bits per heavy atom. The third-order valence-electron chi connectivity index (χ3n) is 2.42. The first-order valence-corrected chi connectivity index (χ1v) is 9.38. The lowest BCUT2D eigenvalue weighted by molar-refractivity contribution is 0.0462. The van der Waals surface area contributed by atoms with Crippen LogP contribution in [0.25, 0.3) is 0 Å². The summed E-state index contributed by atoms with van der Waals surface area (Å²) in [7, 11) is 4.53. The van der Waals surface area contributed by atoms with E-state index in [0.717, 1.165) is 11.3 Å². The van der Waals surface area contributed by atoms with E-state index in [-0.39, 0.29) is 6.79 Å². The molecule has 0 spiro atoms. The first-order valence-electron chi connectivity index (χ1n) is 5.85. The molecule has 0 saturated heterocycles. The van der Waals surface area contributed by atoms with Gasteiger partial charge in [-0.1, -0.05) is 8.93 Å². The van der Waals surface area contributed by atoms with E-state index in [1.54, 1.807) is 21.1 Å². The Morgan fingerprint density at radius 2 is 2.05 bits per heavy atom. The van der Waals surface area contributed by atoms with Gasteiger partial charge in [0.1, 0.15) is 17.1 Å². The molecule has 0 amide bonds. The van der Waals surface area contributed by atoms with Gasteiger partial charge in [0.15, 0.2) is 6.79 Å². The smallest absolute Gasteiger partial charge is 0.341 e. The van der Waals surface area contributed by atoms with Gasteiger partial charge in [-0.25, -0.2) is 4.79 Å². The van der Waals surface area contributed by atoms with E-state index < -0.39 is 5.97 Å². The van der Waals surface area contributed by atoms with Crippen LogP contribution in [0.15, 0.2) is 12.1 Å². The number of rotatable bonds is 8. The van der Waals surface area contributed by atoms with E-state index in [2.05, 4.69) is 21.2 Å². The van der Waals surface area contributed by atoms with E-state index >= 15 is 0 Å². The van der Waals surface area contributed by atoms with Crippen LogP contribution < -0.4 is 9.47 Å². The lowest BCUT2D eigenvalue weighted by atomic mass is 10.1. The van der Waals surface area contributed by atoms with Gasteiger partial charge in [0.2, 0.25) is 0 Å². The van der Waals surface area contributed by atoms with Crippen LogP contribution in [0.1, 0.15) is 15.9 Å². The zero-order valence-electron chi connectivity index (χ0n) is 11.6. The van der Waals surface area contributed by atoms with Crippen LogP contribution in [-0.4, -0.2) is 39.3 Å². The van der Waals surface area contributed by atoms with Crippen molar-refractivity contribution in [3.05, 3.63) is 23.3 Å². The zero-order chi connectivity index (χ0) is 15.0. The van der Waals surface area contributed by atoms with E-state index in [1.807, 2.05) is 6.92 Å². The van der Waals surface area contributed by atoms with Gasteiger partial charge in [-0.15, -0.1) is 0 Å². The Morgan fingerprint density at radius 3 is 2.65 bits per heavy atom. The second-order valence-corrected chi connectivity index (χ2v) is 6.31. The van der Waals surface area contributed by atoms with E-state index in [4.69, 9.17) is 18.9 Å². The number of carbonyl (C=O) groups excluding carboxylic acids is 1. The highest BCUT2D eigenvalue weighted by atomic mass is 127. The number of aryl methyl sites for hydroxylation is 1. The number of benzene rings is 1. The highest BCUT2D eigenvalue weighted by molar-refractivity contribution is 14.2. The number of hydrogen-bond donors (Lipinski definition) is 0. The molecule has 0 aliphatic heterocycles. The minimum absolute atomic E-state index is 0.0521. The predicted molar refractivity (Wildman–Crippen MR) is 87.0 cm³/mol. The maximum atomic E-state index is 11.8. The summed E-state index contributed by atoms with van der Waals surface area (Å²) < 4.78 is 20.7. The van der Waals surface area contributed by atoms with Crippen LogP contribution in [-0.2, 0) is 9.47 Å². The molecule has 20 heavy (non-hydrogen) atoms. The van der Waals surface area contributed by atoms with E-state index in [9.17, 15) is 4.79 Å². The summed E-state index contributed by atoms with van der Waals surface area (Å²) >= 11 is 2.22. The molecule has 0 bridgehead atoms. The molecule has 1 rings (SSSR count). The predicted octanol–water partition coefficient (Wildman–Crippen LogP) is 3.23. The highest BCUT2D eigenvalue weighted by Gasteiger charge is 2.18. The van der Waals surface area contributed by atoms with Crippen molar-refractivity contribution in [2.75, 3.05) is 33.4 Å². The molecule has 0 unspecified atom stereocenters. The average Bonchev–Trinajstić information content (AvgIpc) is 2.44. The minimum atomic E-state index is -0.442. The molecule has 0 atom stereocenters. The lowest BCUT2D eigenvalue weighted by Crippen LogP contribution is -2.10. The van der Waals surface area contributed by atoms with Gasteiger partial charge in [0.05, 0.1) is 13.7 Å². The molecule has 0 N–H and O–H groups in total. The fraction of sp³-hybridized carbons (Fsp3) is 0.462. The van der Waals surface area contributed by atoms with Crippen LogP contribution in [0.4, 0.5) is 0 Å². The second-order valence-electron chi connectivity index (χ2n) is 3.82. The zero-order valence-corrected chi connectivity index (χ0v) is 14.6. The van der Waals surface area contributed by atoms with Crippen molar-refractivity contribution in [2.45, 2.75) is 6.92 Å². The molecule has 1 aromatic rings. The monoisotopic (exact) mass is 412 g/mol. The SMILES string of the molecule is COCOc1cc(OCCSI)cc(C)c1C(=O)OC. The van der Waals surface area contributed by atoms with Crippen molar-refractivity contribution in [3.8, 4) is 11.5 Å². The summed E-state index contributed by atoms with van der Waals surface area (Å²) in [6.45, 7) is 2.46. The van der Waals surface area contributed by atoms with Crippen molar-refractivity contribution < 1.29 is 23.7 Å². The molecule has 1 aromatic carbocycles. The van der Waals surface area contributed by atoms with E-state index in [1.165, 1.54) is 14.2 Å². The number of methoxy groups -OCH3 is 2. The van der Waals surface area contributed by atoms with Crippen LogP contribution >= 0.6 is 30.1 Å². The maximum Gasteiger partial charge on any atom is 0.341 e. The molecular formula is C13H17IO5S. The van der Waals surface area contributed by atoms with Crippen molar-refractivity contribution in [1.29, 1.82) is 0 Å². The Hall–Kier alpha value is -0.670. The van der Waals surface area contributed by atoms with E-state index in [0.29, 0.717) is 23.7 Å². The molecule has 0 aliphatic rings. The Kier molecular flexibility index (Phi) is 8.08. The van der Waals surface area contributed by atoms with Crippen LogP contribution in [0.3, 0.4) is 0 Å². The fourth-order valence-electron chi connectivity index (χ4n) is 1.60. The summed E-state index contributed by atoms with van der Waals surface area (Å²) in [4.78, 5) is 11.8. The molecule has 0 heterocycles. The normalized spacial score (nSPS) is 10.2. The van der Waals surface area contributed by atoms with Gasteiger partial charge in [-0.2, -0.15) is 0 Å². The lowest BCUT2D eigenvalue weighted by Gasteiger charge is -2.14. The minimum Gasteiger partial charge on any atom is -0.493 e. The molecular weight excluding hydrogens is 395 g/mol. The number of ether oxygens (including phenoxy) is 4. The Labute approximate surface area is 134 Å². The number of hydrogen-bond acceptors (Lipinski definition) is 6. The second kappa shape index (κ2) is 9.30. The third kappa shape index (κ3) is 5.02. The quantitative estimate of drug-likeness (QED) is 0.283.